The summed E-state index contributed by atoms with van der Waals surface area (Å²) < 4.78 is 8.68. The van der Waals surface area contributed by atoms with Gasteiger partial charge in [0.25, 0.3) is 0 Å². The number of pyridine rings is 1. The van der Waals surface area contributed by atoms with Gasteiger partial charge in [-0.25, -0.2) is 14.5 Å². The van der Waals surface area contributed by atoms with Gasteiger partial charge in [-0.3, -0.25) is 9.55 Å². The smallest absolute Gasteiger partial charge is 0.408 e. The SMILES string of the molecule is Cc1cc(-n2nc(C(C)C)nc2Cn2c(=O)oc3ccccc32)ccn1. The number of aromatic nitrogens is 5. The van der Waals surface area contributed by atoms with Crippen LogP contribution in [0.5, 0.6) is 0 Å². The van der Waals surface area contributed by atoms with E-state index in [0.717, 1.165) is 22.7 Å². The van der Waals surface area contributed by atoms with Crippen molar-refractivity contribution in [1.82, 2.24) is 24.3 Å². The van der Waals surface area contributed by atoms with Crippen LogP contribution in [0, 0.1) is 6.92 Å². The molecule has 0 N–H and O–H groups in total. The number of nitrogens with zero attached hydrogens (tertiary/aromatic N) is 5. The minimum atomic E-state index is -0.405. The first-order valence-electron chi connectivity index (χ1n) is 8.50. The number of fused-ring (bicyclic) bond motifs is 1. The third kappa shape index (κ3) is 2.81. The Balaban J connectivity index is 1.85. The molecule has 3 heterocycles. The highest BCUT2D eigenvalue weighted by atomic mass is 16.4. The Labute approximate surface area is 149 Å². The minimum Gasteiger partial charge on any atom is -0.408 e. The average Bonchev–Trinajstić information content (AvgIpc) is 3.17. The lowest BCUT2D eigenvalue weighted by atomic mass is 10.2. The van der Waals surface area contributed by atoms with Crippen LogP contribution in [0.1, 0.15) is 37.1 Å². The van der Waals surface area contributed by atoms with E-state index in [2.05, 4.69) is 15.1 Å². The summed E-state index contributed by atoms with van der Waals surface area (Å²) in [7, 11) is 0. The van der Waals surface area contributed by atoms with Gasteiger partial charge >= 0.3 is 5.76 Å². The highest BCUT2D eigenvalue weighted by molar-refractivity contribution is 5.72. The van der Waals surface area contributed by atoms with Crippen molar-refractivity contribution in [3.8, 4) is 5.69 Å². The molecule has 1 aromatic carbocycles. The fraction of sp³-hybridized carbons (Fsp3) is 0.263. The van der Waals surface area contributed by atoms with E-state index in [4.69, 9.17) is 4.42 Å². The van der Waals surface area contributed by atoms with E-state index >= 15 is 0 Å². The Hall–Kier alpha value is -3.22. The molecule has 0 atom stereocenters. The molecular formula is C19H19N5O2. The molecule has 0 aliphatic heterocycles. The molecule has 26 heavy (non-hydrogen) atoms. The molecule has 7 heteroatoms. The Bertz CT molecular complexity index is 1140. The number of hydrogen-bond donors (Lipinski definition) is 0. The van der Waals surface area contributed by atoms with E-state index in [0.29, 0.717) is 11.4 Å². The van der Waals surface area contributed by atoms with Crippen molar-refractivity contribution in [2.24, 2.45) is 0 Å². The third-order valence-electron chi connectivity index (χ3n) is 4.20. The summed E-state index contributed by atoms with van der Waals surface area (Å²) >= 11 is 0. The monoisotopic (exact) mass is 349 g/mol. The van der Waals surface area contributed by atoms with Crippen molar-refractivity contribution in [2.45, 2.75) is 33.2 Å². The summed E-state index contributed by atoms with van der Waals surface area (Å²) in [6, 6.07) is 11.2. The Morgan fingerprint density at radius 2 is 2.00 bits per heavy atom. The summed E-state index contributed by atoms with van der Waals surface area (Å²) in [5.41, 5.74) is 3.06. The second-order valence-electron chi connectivity index (χ2n) is 6.53. The van der Waals surface area contributed by atoms with Gasteiger partial charge < -0.3 is 4.42 Å². The quantitative estimate of drug-likeness (QED) is 0.566. The van der Waals surface area contributed by atoms with Crippen LogP contribution < -0.4 is 5.76 Å². The molecule has 4 aromatic rings. The topological polar surface area (TPSA) is 78.7 Å². The van der Waals surface area contributed by atoms with Crippen molar-refractivity contribution in [3.63, 3.8) is 0 Å². The molecule has 0 radical (unpaired) electrons. The van der Waals surface area contributed by atoms with Gasteiger partial charge in [-0.05, 0) is 31.2 Å². The molecule has 7 nitrogen and oxygen atoms in total. The van der Waals surface area contributed by atoms with Gasteiger partial charge in [0.1, 0.15) is 0 Å². The number of aryl methyl sites for hydroxylation is 1. The summed E-state index contributed by atoms with van der Waals surface area (Å²) in [6.07, 6.45) is 1.74. The fourth-order valence-corrected chi connectivity index (χ4v) is 2.88. The van der Waals surface area contributed by atoms with Crippen LogP contribution in [0.25, 0.3) is 16.8 Å². The van der Waals surface area contributed by atoms with Gasteiger partial charge in [-0.2, -0.15) is 5.10 Å². The summed E-state index contributed by atoms with van der Waals surface area (Å²) in [4.78, 5) is 21.2. The van der Waals surface area contributed by atoms with Gasteiger partial charge in [-0.15, -0.1) is 0 Å². The fourth-order valence-electron chi connectivity index (χ4n) is 2.88. The van der Waals surface area contributed by atoms with Crippen LogP contribution in [0.3, 0.4) is 0 Å². The molecule has 4 rings (SSSR count). The zero-order valence-corrected chi connectivity index (χ0v) is 14.9. The molecule has 0 amide bonds. The first-order valence-corrected chi connectivity index (χ1v) is 8.50. The molecule has 0 bridgehead atoms. The largest absolute Gasteiger partial charge is 0.420 e. The number of para-hydroxylation sites is 2. The van der Waals surface area contributed by atoms with Gasteiger partial charge in [0.15, 0.2) is 17.2 Å². The number of oxazole rings is 1. The maximum Gasteiger partial charge on any atom is 0.420 e. The molecule has 0 spiro atoms. The number of hydrogen-bond acceptors (Lipinski definition) is 5. The molecule has 0 fully saturated rings. The van der Waals surface area contributed by atoms with E-state index in [1.54, 1.807) is 21.5 Å². The van der Waals surface area contributed by atoms with E-state index in [-0.39, 0.29) is 12.5 Å². The molecule has 0 unspecified atom stereocenters. The van der Waals surface area contributed by atoms with Crippen molar-refractivity contribution < 1.29 is 4.42 Å². The van der Waals surface area contributed by atoms with Crippen molar-refractivity contribution in [3.05, 3.63) is 70.5 Å². The zero-order valence-electron chi connectivity index (χ0n) is 14.9. The Morgan fingerprint density at radius 3 is 2.77 bits per heavy atom. The first-order chi connectivity index (χ1) is 12.5. The van der Waals surface area contributed by atoms with Gasteiger partial charge in [0.2, 0.25) is 0 Å². The molecule has 0 aliphatic carbocycles. The lowest BCUT2D eigenvalue weighted by Crippen LogP contribution is -2.18. The number of rotatable bonds is 4. The third-order valence-corrected chi connectivity index (χ3v) is 4.20. The van der Waals surface area contributed by atoms with Gasteiger partial charge in [0, 0.05) is 17.8 Å². The molecule has 0 saturated heterocycles. The van der Waals surface area contributed by atoms with Crippen LogP contribution in [0.2, 0.25) is 0 Å². The predicted octanol–water partition coefficient (Wildman–Crippen LogP) is 3.05. The summed E-state index contributed by atoms with van der Waals surface area (Å²) in [6.45, 7) is 6.29. The lowest BCUT2D eigenvalue weighted by Gasteiger charge is -2.07. The standard InChI is InChI=1S/C19H19N5O2/c1-12(2)18-21-17(24(22-18)14-8-9-20-13(3)10-14)11-23-15-6-4-5-7-16(15)26-19(23)25/h4-10,12H,11H2,1-3H3. The highest BCUT2D eigenvalue weighted by Crippen LogP contribution is 2.18. The van der Waals surface area contributed by atoms with E-state index in [9.17, 15) is 4.79 Å². The molecular weight excluding hydrogens is 330 g/mol. The van der Waals surface area contributed by atoms with Crippen molar-refractivity contribution in [2.75, 3.05) is 0 Å². The summed E-state index contributed by atoms with van der Waals surface area (Å²) in [5, 5.41) is 4.64. The molecule has 0 aliphatic rings. The lowest BCUT2D eigenvalue weighted by molar-refractivity contribution is 0.512. The normalized spacial score (nSPS) is 11.5. The maximum atomic E-state index is 12.3. The second kappa shape index (κ2) is 6.25. The highest BCUT2D eigenvalue weighted by Gasteiger charge is 2.17. The minimum absolute atomic E-state index is 0.177. The predicted molar refractivity (Wildman–Crippen MR) is 97.6 cm³/mol. The van der Waals surface area contributed by atoms with Crippen molar-refractivity contribution in [1.29, 1.82) is 0 Å². The van der Waals surface area contributed by atoms with Crippen molar-refractivity contribution >= 4 is 11.1 Å². The number of benzene rings is 1. The Morgan fingerprint density at radius 1 is 1.19 bits per heavy atom. The molecule has 132 valence electrons. The molecule has 0 saturated carbocycles. The second-order valence-corrected chi connectivity index (χ2v) is 6.53. The maximum absolute atomic E-state index is 12.3. The van der Waals surface area contributed by atoms with Crippen LogP contribution >= 0.6 is 0 Å². The van der Waals surface area contributed by atoms with Crippen LogP contribution in [-0.4, -0.2) is 24.3 Å². The van der Waals surface area contributed by atoms with E-state index in [1.165, 1.54) is 0 Å². The zero-order chi connectivity index (χ0) is 18.3. The van der Waals surface area contributed by atoms with Gasteiger partial charge in [-0.1, -0.05) is 26.0 Å². The summed E-state index contributed by atoms with van der Waals surface area (Å²) in [5.74, 6) is 1.18. The first kappa shape index (κ1) is 16.3. The van der Waals surface area contributed by atoms with E-state index in [1.807, 2.05) is 51.1 Å². The molecule has 3 aromatic heterocycles. The average molecular weight is 349 g/mol. The van der Waals surface area contributed by atoms with Crippen LogP contribution in [0.4, 0.5) is 0 Å². The van der Waals surface area contributed by atoms with Crippen LogP contribution in [0.15, 0.2) is 51.8 Å². The van der Waals surface area contributed by atoms with Crippen LogP contribution in [-0.2, 0) is 6.54 Å². The Kier molecular flexibility index (Phi) is 3.91. The van der Waals surface area contributed by atoms with E-state index < -0.39 is 5.76 Å². The van der Waals surface area contributed by atoms with Gasteiger partial charge in [0.05, 0.1) is 17.7 Å².